The minimum absolute atomic E-state index is 0.926. The molecule has 0 radical (unpaired) electrons. The van der Waals surface area contributed by atoms with Crippen molar-refractivity contribution in [2.45, 2.75) is 64.7 Å². The third kappa shape index (κ3) is 3.73. The second-order valence-corrected chi connectivity index (χ2v) is 7.97. The summed E-state index contributed by atoms with van der Waals surface area (Å²) in [6.45, 7) is 2.22. The third-order valence-electron chi connectivity index (χ3n) is 6.16. The van der Waals surface area contributed by atoms with Gasteiger partial charge in [0.2, 0.25) is 0 Å². The summed E-state index contributed by atoms with van der Waals surface area (Å²) in [6.07, 6.45) is 14.8. The Morgan fingerprint density at radius 1 is 0.880 bits per heavy atom. The van der Waals surface area contributed by atoms with Crippen molar-refractivity contribution in [1.29, 1.82) is 0 Å². The van der Waals surface area contributed by atoms with Crippen molar-refractivity contribution in [1.82, 2.24) is 0 Å². The Labute approximate surface area is 153 Å². The molecule has 1 fully saturated rings. The molecule has 130 valence electrons. The van der Waals surface area contributed by atoms with Crippen molar-refractivity contribution in [3.05, 3.63) is 64.7 Å². The lowest BCUT2D eigenvalue weighted by molar-refractivity contribution is 0.455. The lowest BCUT2D eigenvalue weighted by atomic mass is 9.92. The molecule has 2 aromatic rings. The molecule has 2 aromatic carbocycles. The fraction of sp³-hybridized carbons (Fsp3) is 0.440. The smallest absolute Gasteiger partial charge is 0.00575 e. The highest BCUT2D eigenvalue weighted by molar-refractivity contribution is 5.80. The number of benzene rings is 2. The van der Waals surface area contributed by atoms with Crippen molar-refractivity contribution in [3.63, 3.8) is 0 Å². The first kappa shape index (κ1) is 16.6. The summed E-state index contributed by atoms with van der Waals surface area (Å²) in [7, 11) is 0. The van der Waals surface area contributed by atoms with Gasteiger partial charge in [-0.05, 0) is 53.0 Å². The maximum atomic E-state index is 2.52. The van der Waals surface area contributed by atoms with Crippen molar-refractivity contribution in [3.8, 4) is 11.1 Å². The molecule has 2 aliphatic rings. The van der Waals surface area contributed by atoms with E-state index in [9.17, 15) is 0 Å². The van der Waals surface area contributed by atoms with E-state index >= 15 is 0 Å². The predicted octanol–water partition coefficient (Wildman–Crippen LogP) is 7.22. The average molecular weight is 331 g/mol. The maximum absolute atomic E-state index is 2.52. The quantitative estimate of drug-likeness (QED) is 0.519. The third-order valence-corrected chi connectivity index (χ3v) is 6.16. The number of hydrogen-bond acceptors (Lipinski definition) is 0. The second kappa shape index (κ2) is 7.60. The molecular formula is C25H30. The van der Waals surface area contributed by atoms with E-state index < -0.39 is 0 Å². The molecule has 25 heavy (non-hydrogen) atoms. The molecular weight excluding hydrogens is 300 g/mol. The van der Waals surface area contributed by atoms with Crippen LogP contribution in [-0.2, 0) is 12.8 Å². The number of fused-ring (bicyclic) bond motifs is 1. The van der Waals surface area contributed by atoms with Crippen molar-refractivity contribution in [2.24, 2.45) is 5.92 Å². The molecule has 0 atom stereocenters. The highest BCUT2D eigenvalue weighted by Crippen LogP contribution is 2.38. The molecule has 0 aromatic heterocycles. The van der Waals surface area contributed by atoms with Gasteiger partial charge in [-0.15, -0.1) is 0 Å². The average Bonchev–Trinajstić information content (AvgIpc) is 2.89. The van der Waals surface area contributed by atoms with Gasteiger partial charge in [-0.25, -0.2) is 0 Å². The zero-order valence-electron chi connectivity index (χ0n) is 15.6. The first-order chi connectivity index (χ1) is 12.3. The molecule has 0 spiro atoms. The van der Waals surface area contributed by atoms with Crippen molar-refractivity contribution < 1.29 is 0 Å². The molecule has 0 N–H and O–H groups in total. The summed E-state index contributed by atoms with van der Waals surface area (Å²) < 4.78 is 0. The van der Waals surface area contributed by atoms with Crippen LogP contribution >= 0.6 is 0 Å². The summed E-state index contributed by atoms with van der Waals surface area (Å²) in [5, 5.41) is 0. The van der Waals surface area contributed by atoms with Crippen molar-refractivity contribution in [2.75, 3.05) is 0 Å². The number of hydrogen-bond donors (Lipinski definition) is 0. The fourth-order valence-electron chi connectivity index (χ4n) is 4.68. The Balaban J connectivity index is 1.57. The highest BCUT2D eigenvalue weighted by atomic mass is 14.2. The van der Waals surface area contributed by atoms with Gasteiger partial charge in [0.05, 0.1) is 0 Å². The Morgan fingerprint density at radius 2 is 1.64 bits per heavy atom. The number of rotatable bonds is 4. The van der Waals surface area contributed by atoms with Crippen LogP contribution in [0.2, 0.25) is 0 Å². The molecule has 0 heterocycles. The molecule has 4 rings (SSSR count). The Hall–Kier alpha value is -1.82. The number of allylic oxidation sites excluding steroid dienone is 1. The molecule has 0 bridgehead atoms. The van der Waals surface area contributed by atoms with Crippen LogP contribution in [0.15, 0.2) is 48.0 Å². The predicted molar refractivity (Wildman–Crippen MR) is 109 cm³/mol. The summed E-state index contributed by atoms with van der Waals surface area (Å²) in [6, 6.07) is 16.0. The van der Waals surface area contributed by atoms with Crippen LogP contribution in [0.25, 0.3) is 17.2 Å². The molecule has 0 heteroatoms. The Kier molecular flexibility index (Phi) is 5.06. The van der Waals surface area contributed by atoms with E-state index in [0.717, 1.165) is 12.3 Å². The largest absolute Gasteiger partial charge is 0.0649 e. The van der Waals surface area contributed by atoms with E-state index in [2.05, 4.69) is 55.5 Å². The van der Waals surface area contributed by atoms with Gasteiger partial charge in [0.1, 0.15) is 0 Å². The van der Waals surface area contributed by atoms with Gasteiger partial charge in [-0.1, -0.05) is 99.6 Å². The van der Waals surface area contributed by atoms with Crippen LogP contribution in [-0.4, -0.2) is 0 Å². The van der Waals surface area contributed by atoms with E-state index in [1.54, 1.807) is 5.57 Å². The highest BCUT2D eigenvalue weighted by Gasteiger charge is 2.20. The van der Waals surface area contributed by atoms with Crippen LogP contribution in [0, 0.1) is 5.92 Å². The summed E-state index contributed by atoms with van der Waals surface area (Å²) in [5.41, 5.74) is 8.87. The van der Waals surface area contributed by atoms with E-state index in [1.807, 2.05) is 0 Å². The molecule has 1 saturated carbocycles. The van der Waals surface area contributed by atoms with Gasteiger partial charge in [-0.3, -0.25) is 0 Å². The van der Waals surface area contributed by atoms with Gasteiger partial charge in [-0.2, -0.15) is 0 Å². The second-order valence-electron chi connectivity index (χ2n) is 7.97. The molecule has 0 amide bonds. The molecule has 0 aliphatic heterocycles. The SMILES string of the molecule is CCc1ccc(-c2cccc3c2C=C(CC2CCCCCC2)C3)cc1. The molecule has 0 nitrogen and oxygen atoms in total. The van der Waals surface area contributed by atoms with Crippen molar-refractivity contribution >= 4 is 6.08 Å². The van der Waals surface area contributed by atoms with E-state index in [-0.39, 0.29) is 0 Å². The van der Waals surface area contributed by atoms with Crippen LogP contribution in [0.1, 0.15) is 68.6 Å². The molecule has 0 saturated heterocycles. The topological polar surface area (TPSA) is 0 Å². The fourth-order valence-corrected chi connectivity index (χ4v) is 4.68. The standard InChI is InChI=1S/C25H30/c1-2-19-12-14-22(15-13-19)24-11-7-10-23-17-21(18-25(23)24)16-20-8-5-3-4-6-9-20/h7,10-15,18,20H,2-6,8-9,16-17H2,1H3. The van der Waals surface area contributed by atoms with Crippen LogP contribution in [0.5, 0.6) is 0 Å². The van der Waals surface area contributed by atoms with E-state index in [0.29, 0.717) is 0 Å². The zero-order chi connectivity index (χ0) is 17.1. The first-order valence-electron chi connectivity index (χ1n) is 10.2. The molecule has 0 unspecified atom stereocenters. The minimum atomic E-state index is 0.926. The van der Waals surface area contributed by atoms with Gasteiger partial charge in [0, 0.05) is 0 Å². The zero-order valence-corrected chi connectivity index (χ0v) is 15.6. The van der Waals surface area contributed by atoms with Gasteiger partial charge in [0.25, 0.3) is 0 Å². The number of aryl methyl sites for hydroxylation is 1. The van der Waals surface area contributed by atoms with Crippen LogP contribution in [0.4, 0.5) is 0 Å². The van der Waals surface area contributed by atoms with Crippen LogP contribution in [0.3, 0.4) is 0 Å². The van der Waals surface area contributed by atoms with E-state index in [4.69, 9.17) is 0 Å². The Bertz CT molecular complexity index is 740. The minimum Gasteiger partial charge on any atom is -0.0649 e. The molecule has 2 aliphatic carbocycles. The Morgan fingerprint density at radius 3 is 2.36 bits per heavy atom. The normalized spacial score (nSPS) is 17.9. The summed E-state index contributed by atoms with van der Waals surface area (Å²) in [5.74, 6) is 0.926. The first-order valence-corrected chi connectivity index (χ1v) is 10.2. The van der Waals surface area contributed by atoms with Gasteiger partial charge < -0.3 is 0 Å². The lowest BCUT2D eigenvalue weighted by Crippen LogP contribution is -2.00. The van der Waals surface area contributed by atoms with E-state index in [1.165, 1.54) is 79.2 Å². The van der Waals surface area contributed by atoms with Crippen LogP contribution < -0.4 is 0 Å². The maximum Gasteiger partial charge on any atom is -0.00575 e. The summed E-state index contributed by atoms with van der Waals surface area (Å²) >= 11 is 0. The summed E-state index contributed by atoms with van der Waals surface area (Å²) in [4.78, 5) is 0. The monoisotopic (exact) mass is 330 g/mol. The van der Waals surface area contributed by atoms with Gasteiger partial charge in [0.15, 0.2) is 0 Å². The lowest BCUT2D eigenvalue weighted by Gasteiger charge is -2.14. The van der Waals surface area contributed by atoms with Gasteiger partial charge >= 0.3 is 0 Å².